The fourth-order valence-electron chi connectivity index (χ4n) is 2.84. The number of amides is 2. The summed E-state index contributed by atoms with van der Waals surface area (Å²) in [4.78, 5) is 36.1. The average Bonchev–Trinajstić information content (AvgIpc) is 2.84. The fraction of sp³-hybridized carbons (Fsp3) is 0.375. The third kappa shape index (κ3) is 10.5. The highest BCUT2D eigenvalue weighted by molar-refractivity contribution is 5.81. The second kappa shape index (κ2) is 14.5. The third-order valence-corrected chi connectivity index (χ3v) is 4.56. The summed E-state index contributed by atoms with van der Waals surface area (Å²) in [6.07, 6.45) is -2.16. The van der Waals surface area contributed by atoms with Gasteiger partial charge in [0.25, 0.3) is 0 Å². The molecule has 0 spiro atoms. The second-order valence-electron chi connectivity index (χ2n) is 7.18. The summed E-state index contributed by atoms with van der Waals surface area (Å²) in [5.74, 6) is -0.628. The normalized spacial score (nSPS) is 12.2. The highest BCUT2D eigenvalue weighted by atomic mass is 16.6. The van der Waals surface area contributed by atoms with Crippen molar-refractivity contribution in [3.63, 3.8) is 0 Å². The first-order valence-electron chi connectivity index (χ1n) is 10.7. The predicted molar refractivity (Wildman–Crippen MR) is 120 cm³/mol. The smallest absolute Gasteiger partial charge is 0.408 e. The van der Waals surface area contributed by atoms with Crippen molar-refractivity contribution in [1.82, 2.24) is 10.6 Å². The summed E-state index contributed by atoms with van der Waals surface area (Å²) in [6, 6.07) is 17.3. The Bertz CT molecular complexity index is 862. The van der Waals surface area contributed by atoms with Crippen LogP contribution < -0.4 is 10.6 Å². The largest absolute Gasteiger partial charge is 0.464 e. The molecule has 178 valence electrons. The molecule has 0 heterocycles. The summed E-state index contributed by atoms with van der Waals surface area (Å²) in [5.41, 5.74) is 1.65. The average molecular weight is 459 g/mol. The van der Waals surface area contributed by atoms with Gasteiger partial charge in [0, 0.05) is 6.54 Å². The first-order chi connectivity index (χ1) is 16.0. The standard InChI is InChI=1S/C24H30N2O7/c1-2-31-22(28)21(26-24(30)33-17-19-11-7-4-8-12-19)14-13-20(27)15-25-23(29)32-16-18-9-5-3-6-10-18/h3-12,20-21,27H,2,13-17H2,1H3,(H,25,29)(H,26,30)/t20-,21+/m1/s1. The zero-order valence-electron chi connectivity index (χ0n) is 18.6. The predicted octanol–water partition coefficient (Wildman–Crippen LogP) is 2.91. The van der Waals surface area contributed by atoms with Crippen LogP contribution in [0.15, 0.2) is 60.7 Å². The minimum atomic E-state index is -0.993. The van der Waals surface area contributed by atoms with Crippen LogP contribution in [0.1, 0.15) is 30.9 Å². The SMILES string of the molecule is CCOC(=O)[C@H](CC[C@@H](O)CNC(=O)OCc1ccccc1)NC(=O)OCc1ccccc1. The molecule has 0 aliphatic rings. The number of aliphatic hydroxyl groups is 1. The molecule has 0 aliphatic carbocycles. The lowest BCUT2D eigenvalue weighted by molar-refractivity contribution is -0.145. The molecule has 33 heavy (non-hydrogen) atoms. The topological polar surface area (TPSA) is 123 Å². The van der Waals surface area contributed by atoms with Crippen LogP contribution >= 0.6 is 0 Å². The van der Waals surface area contributed by atoms with Crippen LogP contribution in [0.3, 0.4) is 0 Å². The van der Waals surface area contributed by atoms with E-state index in [0.29, 0.717) is 0 Å². The summed E-state index contributed by atoms with van der Waals surface area (Å²) in [6.45, 7) is 1.90. The van der Waals surface area contributed by atoms with Crippen molar-refractivity contribution in [1.29, 1.82) is 0 Å². The maximum Gasteiger partial charge on any atom is 0.408 e. The van der Waals surface area contributed by atoms with Crippen LogP contribution in [0.2, 0.25) is 0 Å². The van der Waals surface area contributed by atoms with E-state index in [0.717, 1.165) is 11.1 Å². The number of esters is 1. The number of carbonyl (C=O) groups excluding carboxylic acids is 3. The Morgan fingerprint density at radius 2 is 1.36 bits per heavy atom. The van der Waals surface area contributed by atoms with E-state index in [4.69, 9.17) is 14.2 Å². The molecule has 0 aromatic heterocycles. The lowest BCUT2D eigenvalue weighted by Crippen LogP contribution is -2.43. The van der Waals surface area contributed by atoms with Crippen LogP contribution in [-0.2, 0) is 32.2 Å². The lowest BCUT2D eigenvalue weighted by Gasteiger charge is -2.19. The summed E-state index contributed by atoms with van der Waals surface area (Å²) < 4.78 is 15.2. The van der Waals surface area contributed by atoms with E-state index in [1.807, 2.05) is 60.7 Å². The molecule has 2 amide bonds. The Morgan fingerprint density at radius 3 is 1.91 bits per heavy atom. The molecule has 0 fully saturated rings. The van der Waals surface area contributed by atoms with Crippen LogP contribution in [0, 0.1) is 0 Å². The van der Waals surface area contributed by atoms with Gasteiger partial charge in [0.05, 0.1) is 12.7 Å². The van der Waals surface area contributed by atoms with E-state index in [9.17, 15) is 19.5 Å². The molecule has 9 nitrogen and oxygen atoms in total. The van der Waals surface area contributed by atoms with E-state index in [1.54, 1.807) is 6.92 Å². The first-order valence-corrected chi connectivity index (χ1v) is 10.7. The van der Waals surface area contributed by atoms with Crippen LogP contribution in [0.5, 0.6) is 0 Å². The summed E-state index contributed by atoms with van der Waals surface area (Å²) >= 11 is 0. The third-order valence-electron chi connectivity index (χ3n) is 4.56. The van der Waals surface area contributed by atoms with Crippen molar-refractivity contribution in [2.45, 2.75) is 45.1 Å². The molecule has 0 saturated heterocycles. The molecule has 0 aliphatic heterocycles. The molecule has 0 saturated carbocycles. The molecular weight excluding hydrogens is 428 g/mol. The van der Waals surface area contributed by atoms with Gasteiger partial charge in [0.1, 0.15) is 19.3 Å². The van der Waals surface area contributed by atoms with Gasteiger partial charge >= 0.3 is 18.2 Å². The number of rotatable bonds is 12. The van der Waals surface area contributed by atoms with E-state index in [-0.39, 0.29) is 39.2 Å². The van der Waals surface area contributed by atoms with Gasteiger partial charge in [-0.25, -0.2) is 14.4 Å². The number of nitrogens with one attached hydrogen (secondary N) is 2. The minimum Gasteiger partial charge on any atom is -0.464 e. The first kappa shape index (κ1) is 25.7. The van der Waals surface area contributed by atoms with Crippen molar-refractivity contribution in [2.24, 2.45) is 0 Å². The van der Waals surface area contributed by atoms with Crippen LogP contribution in [0.4, 0.5) is 9.59 Å². The van der Waals surface area contributed by atoms with E-state index < -0.39 is 30.3 Å². The lowest BCUT2D eigenvalue weighted by atomic mass is 10.1. The minimum absolute atomic E-state index is 0.0554. The van der Waals surface area contributed by atoms with Crippen molar-refractivity contribution in [3.05, 3.63) is 71.8 Å². The zero-order chi connectivity index (χ0) is 23.9. The molecule has 3 N–H and O–H groups in total. The monoisotopic (exact) mass is 458 g/mol. The van der Waals surface area contributed by atoms with E-state index in [2.05, 4.69) is 10.6 Å². The molecule has 2 aromatic carbocycles. The van der Waals surface area contributed by atoms with E-state index >= 15 is 0 Å². The van der Waals surface area contributed by atoms with E-state index in [1.165, 1.54) is 0 Å². The van der Waals surface area contributed by atoms with Gasteiger partial charge in [-0.3, -0.25) is 0 Å². The van der Waals surface area contributed by atoms with Crippen LogP contribution in [0.25, 0.3) is 0 Å². The molecule has 0 radical (unpaired) electrons. The quantitative estimate of drug-likeness (QED) is 0.330. The van der Waals surface area contributed by atoms with Gasteiger partial charge in [-0.15, -0.1) is 0 Å². The van der Waals surface area contributed by atoms with Gasteiger partial charge in [-0.2, -0.15) is 0 Å². The summed E-state index contributed by atoms with van der Waals surface area (Å²) in [5, 5.41) is 15.1. The Balaban J connectivity index is 1.73. The number of aliphatic hydroxyl groups excluding tert-OH is 1. The number of benzene rings is 2. The van der Waals surface area contributed by atoms with Crippen LogP contribution in [-0.4, -0.2) is 48.6 Å². The Hall–Kier alpha value is -3.59. The number of hydrogen-bond acceptors (Lipinski definition) is 7. The fourth-order valence-corrected chi connectivity index (χ4v) is 2.84. The number of alkyl carbamates (subject to hydrolysis) is 2. The second-order valence-corrected chi connectivity index (χ2v) is 7.18. The summed E-state index contributed by atoms with van der Waals surface area (Å²) in [7, 11) is 0. The maximum atomic E-state index is 12.2. The number of carbonyl (C=O) groups is 3. The molecule has 9 heteroatoms. The Morgan fingerprint density at radius 1 is 0.818 bits per heavy atom. The van der Waals surface area contributed by atoms with Gasteiger partial charge in [0.15, 0.2) is 0 Å². The number of ether oxygens (including phenoxy) is 3. The van der Waals surface area contributed by atoms with Crippen molar-refractivity contribution < 1.29 is 33.7 Å². The Kier molecular flexibility index (Phi) is 11.3. The van der Waals surface area contributed by atoms with Crippen molar-refractivity contribution in [3.8, 4) is 0 Å². The maximum absolute atomic E-state index is 12.2. The molecule has 2 aromatic rings. The molecule has 0 bridgehead atoms. The van der Waals surface area contributed by atoms with Crippen molar-refractivity contribution in [2.75, 3.05) is 13.2 Å². The number of hydrogen-bond donors (Lipinski definition) is 3. The van der Waals surface area contributed by atoms with Gasteiger partial charge in [0.2, 0.25) is 0 Å². The van der Waals surface area contributed by atoms with Gasteiger partial charge < -0.3 is 30.0 Å². The Labute approximate surface area is 193 Å². The molecule has 0 unspecified atom stereocenters. The molecule has 2 rings (SSSR count). The molecule has 2 atom stereocenters. The van der Waals surface area contributed by atoms with Gasteiger partial charge in [-0.1, -0.05) is 60.7 Å². The van der Waals surface area contributed by atoms with Gasteiger partial charge in [-0.05, 0) is 30.9 Å². The highest BCUT2D eigenvalue weighted by Crippen LogP contribution is 2.07. The zero-order valence-corrected chi connectivity index (χ0v) is 18.6. The highest BCUT2D eigenvalue weighted by Gasteiger charge is 2.24. The molecular formula is C24H30N2O7. The van der Waals surface area contributed by atoms with Crippen molar-refractivity contribution >= 4 is 18.2 Å².